The first-order chi connectivity index (χ1) is 12.3. The third kappa shape index (κ3) is 3.91. The van der Waals surface area contributed by atoms with E-state index in [4.69, 9.17) is 11.6 Å². The van der Waals surface area contributed by atoms with E-state index < -0.39 is 0 Å². The number of aromatic nitrogens is 5. The molecule has 0 saturated heterocycles. The van der Waals surface area contributed by atoms with Crippen LogP contribution >= 0.6 is 11.6 Å². The van der Waals surface area contributed by atoms with E-state index >= 15 is 0 Å². The summed E-state index contributed by atoms with van der Waals surface area (Å²) in [5, 5.41) is 13.8. The number of nitrogens with zero attached hydrogens (tertiary/aromatic N) is 6. The first kappa shape index (κ1) is 16.3. The summed E-state index contributed by atoms with van der Waals surface area (Å²) in [6, 6.07) is 10.5. The zero-order valence-corrected chi connectivity index (χ0v) is 14.8. The molecule has 0 N–H and O–H groups in total. The molecule has 3 heterocycles. The predicted molar refractivity (Wildman–Crippen MR) is 96.7 cm³/mol. The van der Waals surface area contributed by atoms with Crippen LogP contribution < -0.4 is 0 Å². The van der Waals surface area contributed by atoms with Crippen LogP contribution in [0.25, 0.3) is 0 Å². The van der Waals surface area contributed by atoms with Crippen LogP contribution in [-0.4, -0.2) is 49.1 Å². The molecule has 4 rings (SSSR count). The van der Waals surface area contributed by atoms with Crippen molar-refractivity contribution >= 4 is 11.6 Å². The minimum atomic E-state index is 0.688. The molecule has 1 aliphatic rings. The maximum absolute atomic E-state index is 5.92. The van der Waals surface area contributed by atoms with Crippen LogP contribution in [0.3, 0.4) is 0 Å². The molecule has 3 aromatic rings. The van der Waals surface area contributed by atoms with Crippen LogP contribution in [0.15, 0.2) is 42.7 Å². The third-order valence-corrected chi connectivity index (χ3v) is 4.84. The Bertz CT molecular complexity index is 825. The van der Waals surface area contributed by atoms with E-state index in [1.807, 2.05) is 16.9 Å². The number of fused-ring (bicyclic) bond motifs is 1. The largest absolute Gasteiger partial charge is 0.313 e. The van der Waals surface area contributed by atoms with E-state index in [9.17, 15) is 0 Å². The lowest BCUT2D eigenvalue weighted by Crippen LogP contribution is -2.30. The average Bonchev–Trinajstić information content (AvgIpc) is 3.15. The quantitative estimate of drug-likeness (QED) is 0.703. The van der Waals surface area contributed by atoms with Gasteiger partial charge >= 0.3 is 0 Å². The van der Waals surface area contributed by atoms with Gasteiger partial charge in [0, 0.05) is 45.2 Å². The number of hydrogen-bond acceptors (Lipinski definition) is 4. The summed E-state index contributed by atoms with van der Waals surface area (Å²) in [4.78, 5) is 2.45. The van der Waals surface area contributed by atoms with Crippen LogP contribution in [0, 0.1) is 0 Å². The lowest BCUT2D eigenvalue weighted by Gasteiger charge is -2.19. The molecule has 0 radical (unpaired) electrons. The summed E-state index contributed by atoms with van der Waals surface area (Å²) in [6.07, 6.45) is 5.31. The van der Waals surface area contributed by atoms with Crippen molar-refractivity contribution in [1.29, 1.82) is 0 Å². The van der Waals surface area contributed by atoms with Crippen molar-refractivity contribution < 1.29 is 0 Å². The van der Waals surface area contributed by atoms with Gasteiger partial charge < -0.3 is 4.57 Å². The number of rotatable bonds is 5. The second-order valence-corrected chi connectivity index (χ2v) is 6.80. The van der Waals surface area contributed by atoms with Gasteiger partial charge in [-0.15, -0.1) is 10.2 Å². The molecule has 7 heteroatoms. The summed E-state index contributed by atoms with van der Waals surface area (Å²) in [7, 11) is 0. The van der Waals surface area contributed by atoms with Crippen LogP contribution in [0.2, 0.25) is 5.02 Å². The Morgan fingerprint density at radius 1 is 1.00 bits per heavy atom. The van der Waals surface area contributed by atoms with E-state index in [1.54, 1.807) is 6.20 Å². The van der Waals surface area contributed by atoms with Gasteiger partial charge in [0.15, 0.2) is 0 Å². The Morgan fingerprint density at radius 2 is 1.88 bits per heavy atom. The summed E-state index contributed by atoms with van der Waals surface area (Å²) >= 11 is 5.92. The minimum absolute atomic E-state index is 0.688. The zero-order chi connectivity index (χ0) is 17.1. The fourth-order valence-corrected chi connectivity index (χ4v) is 3.42. The SMILES string of the molecule is Clc1cnn(CCN2CCc3nnc(Cc4ccccc4)n3CC2)c1. The second kappa shape index (κ2) is 7.37. The van der Waals surface area contributed by atoms with Gasteiger partial charge in [0.05, 0.1) is 17.8 Å². The van der Waals surface area contributed by atoms with Crippen LogP contribution in [0.4, 0.5) is 0 Å². The highest BCUT2D eigenvalue weighted by Crippen LogP contribution is 2.13. The molecule has 0 saturated carbocycles. The third-order valence-electron chi connectivity index (χ3n) is 4.65. The van der Waals surface area contributed by atoms with Gasteiger partial charge in [-0.1, -0.05) is 41.9 Å². The highest BCUT2D eigenvalue weighted by Gasteiger charge is 2.18. The highest BCUT2D eigenvalue weighted by atomic mass is 35.5. The molecule has 0 amide bonds. The molecule has 1 aromatic carbocycles. The maximum atomic E-state index is 5.92. The van der Waals surface area contributed by atoms with E-state index in [-0.39, 0.29) is 0 Å². The Hall–Kier alpha value is -2.18. The van der Waals surface area contributed by atoms with Crippen molar-refractivity contribution in [1.82, 2.24) is 29.4 Å². The van der Waals surface area contributed by atoms with Crippen LogP contribution in [0.5, 0.6) is 0 Å². The Kier molecular flexibility index (Phi) is 4.81. The smallest absolute Gasteiger partial charge is 0.137 e. The molecule has 0 fully saturated rings. The molecule has 25 heavy (non-hydrogen) atoms. The summed E-state index contributed by atoms with van der Waals surface area (Å²) < 4.78 is 4.19. The van der Waals surface area contributed by atoms with Gasteiger partial charge in [-0.2, -0.15) is 5.10 Å². The van der Waals surface area contributed by atoms with Crippen molar-refractivity contribution in [3.05, 3.63) is 65.0 Å². The first-order valence-corrected chi connectivity index (χ1v) is 9.01. The topological polar surface area (TPSA) is 51.8 Å². The molecule has 1 aliphatic heterocycles. The van der Waals surface area contributed by atoms with Gasteiger partial charge in [0.2, 0.25) is 0 Å². The van der Waals surface area contributed by atoms with E-state index in [1.165, 1.54) is 5.56 Å². The second-order valence-electron chi connectivity index (χ2n) is 6.36. The summed E-state index contributed by atoms with van der Waals surface area (Å²) in [5.74, 6) is 2.15. The monoisotopic (exact) mass is 356 g/mol. The van der Waals surface area contributed by atoms with Gasteiger partial charge in [0.25, 0.3) is 0 Å². The van der Waals surface area contributed by atoms with Crippen molar-refractivity contribution in [3.63, 3.8) is 0 Å². The lowest BCUT2D eigenvalue weighted by atomic mass is 10.1. The Balaban J connectivity index is 1.38. The lowest BCUT2D eigenvalue weighted by molar-refractivity contribution is 0.263. The van der Waals surface area contributed by atoms with E-state index in [0.717, 1.165) is 57.2 Å². The predicted octanol–water partition coefficient (Wildman–Crippen LogP) is 2.28. The molecule has 0 spiro atoms. The molecule has 2 aromatic heterocycles. The van der Waals surface area contributed by atoms with Crippen LogP contribution in [-0.2, 0) is 25.9 Å². The molecular formula is C18H21ClN6. The Morgan fingerprint density at radius 3 is 2.68 bits per heavy atom. The van der Waals surface area contributed by atoms with Gasteiger partial charge in [0.1, 0.15) is 11.6 Å². The molecule has 0 unspecified atom stereocenters. The molecule has 0 aliphatic carbocycles. The average molecular weight is 357 g/mol. The fraction of sp³-hybridized carbons (Fsp3) is 0.389. The normalized spacial score (nSPS) is 15.1. The Labute approximate surface area is 152 Å². The number of benzene rings is 1. The first-order valence-electron chi connectivity index (χ1n) is 8.63. The highest BCUT2D eigenvalue weighted by molar-refractivity contribution is 6.30. The number of halogens is 1. The van der Waals surface area contributed by atoms with Gasteiger partial charge in [-0.05, 0) is 5.56 Å². The van der Waals surface area contributed by atoms with Gasteiger partial charge in [-0.25, -0.2) is 0 Å². The van der Waals surface area contributed by atoms with Crippen LogP contribution in [0.1, 0.15) is 17.2 Å². The minimum Gasteiger partial charge on any atom is -0.313 e. The number of hydrogen-bond donors (Lipinski definition) is 0. The van der Waals surface area contributed by atoms with E-state index in [2.05, 4.69) is 49.0 Å². The van der Waals surface area contributed by atoms with Crippen molar-refractivity contribution in [2.45, 2.75) is 25.9 Å². The summed E-state index contributed by atoms with van der Waals surface area (Å²) in [5.41, 5.74) is 1.27. The van der Waals surface area contributed by atoms with E-state index in [0.29, 0.717) is 5.02 Å². The van der Waals surface area contributed by atoms with Gasteiger partial charge in [-0.3, -0.25) is 9.58 Å². The molecule has 6 nitrogen and oxygen atoms in total. The van der Waals surface area contributed by atoms with Crippen molar-refractivity contribution in [2.75, 3.05) is 19.6 Å². The zero-order valence-electron chi connectivity index (χ0n) is 14.1. The molecule has 0 bridgehead atoms. The standard InChI is InChI=1S/C18H21ClN6/c19-16-13-20-24(14-16)10-8-23-7-6-17-21-22-18(25(17)11-9-23)12-15-4-2-1-3-5-15/h1-5,13-14H,6-12H2. The van der Waals surface area contributed by atoms with Crippen molar-refractivity contribution in [2.24, 2.45) is 0 Å². The maximum Gasteiger partial charge on any atom is 0.137 e. The fourth-order valence-electron chi connectivity index (χ4n) is 3.26. The molecule has 130 valence electrons. The summed E-state index contributed by atoms with van der Waals surface area (Å²) in [6.45, 7) is 4.75. The van der Waals surface area contributed by atoms with Crippen molar-refractivity contribution in [3.8, 4) is 0 Å². The molecular weight excluding hydrogens is 336 g/mol. The molecule has 0 atom stereocenters.